The van der Waals surface area contributed by atoms with Gasteiger partial charge in [0, 0.05) is 29.3 Å². The molecule has 1 N–H and O–H groups in total. The van der Waals surface area contributed by atoms with Gasteiger partial charge >= 0.3 is 0 Å². The normalized spacial score (nSPS) is 17.5. The third-order valence-corrected chi connectivity index (χ3v) is 4.21. The molecule has 1 aromatic rings. The third kappa shape index (κ3) is 3.94. The Labute approximate surface area is 124 Å². The van der Waals surface area contributed by atoms with Crippen LogP contribution in [0.3, 0.4) is 0 Å². The van der Waals surface area contributed by atoms with E-state index >= 15 is 0 Å². The van der Waals surface area contributed by atoms with Crippen molar-refractivity contribution in [3.8, 4) is 0 Å². The van der Waals surface area contributed by atoms with Crippen LogP contribution in [0.15, 0.2) is 22.7 Å². The standard InChI is InChI=1S/C15H23BrN2O/c1-3-6-17-12(2)14-5-4-13(11-15(14)16)18-7-9-19-10-8-18/h4-5,11-12,17H,3,6-10H2,1-2H3. The Bertz CT molecular complexity index is 405. The molecular formula is C15H23BrN2O. The molecule has 3 nitrogen and oxygen atoms in total. The fourth-order valence-corrected chi connectivity index (χ4v) is 3.07. The van der Waals surface area contributed by atoms with Gasteiger partial charge in [-0.3, -0.25) is 0 Å². The molecule has 1 aliphatic rings. The van der Waals surface area contributed by atoms with Crippen molar-refractivity contribution >= 4 is 21.6 Å². The van der Waals surface area contributed by atoms with Crippen molar-refractivity contribution in [1.29, 1.82) is 0 Å². The number of rotatable bonds is 5. The van der Waals surface area contributed by atoms with Crippen LogP contribution >= 0.6 is 15.9 Å². The Morgan fingerprint density at radius 1 is 1.37 bits per heavy atom. The van der Waals surface area contributed by atoms with Crippen LogP contribution in [-0.2, 0) is 4.74 Å². The van der Waals surface area contributed by atoms with Gasteiger partial charge in [-0.15, -0.1) is 0 Å². The molecule has 2 rings (SSSR count). The molecule has 0 amide bonds. The Balaban J connectivity index is 2.07. The van der Waals surface area contributed by atoms with Gasteiger partial charge in [0.2, 0.25) is 0 Å². The number of benzene rings is 1. The lowest BCUT2D eigenvalue weighted by Gasteiger charge is -2.29. The first-order valence-corrected chi connectivity index (χ1v) is 7.87. The first kappa shape index (κ1) is 14.8. The van der Waals surface area contributed by atoms with Gasteiger partial charge in [-0.05, 0) is 37.6 Å². The molecule has 4 heteroatoms. The van der Waals surface area contributed by atoms with E-state index in [4.69, 9.17) is 4.74 Å². The molecular weight excluding hydrogens is 304 g/mol. The van der Waals surface area contributed by atoms with Gasteiger partial charge in [0.05, 0.1) is 13.2 Å². The zero-order valence-electron chi connectivity index (χ0n) is 11.8. The predicted octanol–water partition coefficient (Wildman–Crippen LogP) is 3.35. The maximum atomic E-state index is 5.39. The van der Waals surface area contributed by atoms with Crippen LogP contribution in [0.25, 0.3) is 0 Å². The first-order chi connectivity index (χ1) is 9.22. The van der Waals surface area contributed by atoms with Gasteiger partial charge in [-0.1, -0.05) is 28.9 Å². The number of morpholine rings is 1. The van der Waals surface area contributed by atoms with Crippen molar-refractivity contribution in [3.05, 3.63) is 28.2 Å². The molecule has 1 heterocycles. The van der Waals surface area contributed by atoms with Gasteiger partial charge in [-0.2, -0.15) is 0 Å². The van der Waals surface area contributed by atoms with E-state index in [9.17, 15) is 0 Å². The second kappa shape index (κ2) is 7.27. The zero-order chi connectivity index (χ0) is 13.7. The lowest BCUT2D eigenvalue weighted by atomic mass is 10.1. The second-order valence-corrected chi connectivity index (χ2v) is 5.84. The van der Waals surface area contributed by atoms with Crippen LogP contribution in [0.2, 0.25) is 0 Å². The summed E-state index contributed by atoms with van der Waals surface area (Å²) in [6, 6.07) is 7.05. The van der Waals surface area contributed by atoms with E-state index in [1.807, 2.05) is 0 Å². The fourth-order valence-electron chi connectivity index (χ4n) is 2.36. The highest BCUT2D eigenvalue weighted by Gasteiger charge is 2.14. The highest BCUT2D eigenvalue weighted by atomic mass is 79.9. The van der Waals surface area contributed by atoms with E-state index in [0.717, 1.165) is 39.3 Å². The number of anilines is 1. The maximum Gasteiger partial charge on any atom is 0.0642 e. The molecule has 1 aliphatic heterocycles. The number of hydrogen-bond donors (Lipinski definition) is 1. The number of halogens is 1. The van der Waals surface area contributed by atoms with Crippen LogP contribution in [0.1, 0.15) is 31.9 Å². The lowest BCUT2D eigenvalue weighted by molar-refractivity contribution is 0.122. The molecule has 1 fully saturated rings. The summed E-state index contributed by atoms with van der Waals surface area (Å²) in [5.74, 6) is 0. The quantitative estimate of drug-likeness (QED) is 0.898. The number of nitrogens with zero attached hydrogens (tertiary/aromatic N) is 1. The number of hydrogen-bond acceptors (Lipinski definition) is 3. The van der Waals surface area contributed by atoms with Crippen LogP contribution in [0.4, 0.5) is 5.69 Å². The monoisotopic (exact) mass is 326 g/mol. The van der Waals surface area contributed by atoms with Crippen LogP contribution < -0.4 is 10.2 Å². The van der Waals surface area contributed by atoms with Crippen LogP contribution in [-0.4, -0.2) is 32.8 Å². The second-order valence-electron chi connectivity index (χ2n) is 4.98. The van der Waals surface area contributed by atoms with Crippen molar-refractivity contribution < 1.29 is 4.74 Å². The largest absolute Gasteiger partial charge is 0.378 e. The van der Waals surface area contributed by atoms with Crippen molar-refractivity contribution in [2.24, 2.45) is 0 Å². The third-order valence-electron chi connectivity index (χ3n) is 3.53. The van der Waals surface area contributed by atoms with E-state index in [-0.39, 0.29) is 0 Å². The van der Waals surface area contributed by atoms with E-state index in [2.05, 4.69) is 58.2 Å². The Hall–Kier alpha value is -0.580. The molecule has 1 saturated heterocycles. The van der Waals surface area contributed by atoms with Crippen LogP contribution in [0.5, 0.6) is 0 Å². The first-order valence-electron chi connectivity index (χ1n) is 7.08. The summed E-state index contributed by atoms with van der Waals surface area (Å²) in [5.41, 5.74) is 2.60. The molecule has 0 bridgehead atoms. The highest BCUT2D eigenvalue weighted by molar-refractivity contribution is 9.10. The molecule has 1 unspecified atom stereocenters. The fraction of sp³-hybridized carbons (Fsp3) is 0.600. The molecule has 1 atom stereocenters. The van der Waals surface area contributed by atoms with Crippen molar-refractivity contribution in [2.45, 2.75) is 26.3 Å². The molecule has 0 radical (unpaired) electrons. The SMILES string of the molecule is CCCNC(C)c1ccc(N2CCOCC2)cc1Br. The van der Waals surface area contributed by atoms with Crippen LogP contribution in [0, 0.1) is 0 Å². The van der Waals surface area contributed by atoms with Gasteiger partial charge < -0.3 is 15.0 Å². The molecule has 0 spiro atoms. The highest BCUT2D eigenvalue weighted by Crippen LogP contribution is 2.28. The Kier molecular flexibility index (Phi) is 5.67. The number of ether oxygens (including phenoxy) is 1. The smallest absolute Gasteiger partial charge is 0.0642 e. The molecule has 0 aromatic heterocycles. The lowest BCUT2D eigenvalue weighted by Crippen LogP contribution is -2.36. The summed E-state index contributed by atoms with van der Waals surface area (Å²) >= 11 is 3.71. The minimum absolute atomic E-state index is 0.382. The Morgan fingerprint density at radius 3 is 2.74 bits per heavy atom. The van der Waals surface area contributed by atoms with E-state index < -0.39 is 0 Å². The van der Waals surface area contributed by atoms with Crippen molar-refractivity contribution in [1.82, 2.24) is 5.32 Å². The molecule has 0 aliphatic carbocycles. The summed E-state index contributed by atoms with van der Waals surface area (Å²) in [6.45, 7) is 9.08. The summed E-state index contributed by atoms with van der Waals surface area (Å²) in [4.78, 5) is 2.38. The van der Waals surface area contributed by atoms with E-state index in [0.29, 0.717) is 6.04 Å². The van der Waals surface area contributed by atoms with Gasteiger partial charge in [0.25, 0.3) is 0 Å². The molecule has 106 valence electrons. The minimum Gasteiger partial charge on any atom is -0.378 e. The average molecular weight is 327 g/mol. The number of nitrogens with one attached hydrogen (secondary N) is 1. The molecule has 19 heavy (non-hydrogen) atoms. The van der Waals surface area contributed by atoms with Gasteiger partial charge in [-0.25, -0.2) is 0 Å². The van der Waals surface area contributed by atoms with E-state index in [1.54, 1.807) is 0 Å². The van der Waals surface area contributed by atoms with Crippen molar-refractivity contribution in [3.63, 3.8) is 0 Å². The topological polar surface area (TPSA) is 24.5 Å². The van der Waals surface area contributed by atoms with E-state index in [1.165, 1.54) is 15.7 Å². The van der Waals surface area contributed by atoms with Gasteiger partial charge in [0.1, 0.15) is 0 Å². The average Bonchev–Trinajstić information content (AvgIpc) is 2.45. The van der Waals surface area contributed by atoms with Crippen molar-refractivity contribution in [2.75, 3.05) is 37.7 Å². The predicted molar refractivity (Wildman–Crippen MR) is 83.9 cm³/mol. The molecule has 1 aromatic carbocycles. The van der Waals surface area contributed by atoms with Gasteiger partial charge in [0.15, 0.2) is 0 Å². The zero-order valence-corrected chi connectivity index (χ0v) is 13.4. The maximum absolute atomic E-state index is 5.39. The summed E-state index contributed by atoms with van der Waals surface area (Å²) in [6.07, 6.45) is 1.16. The minimum atomic E-state index is 0.382. The summed E-state index contributed by atoms with van der Waals surface area (Å²) in [7, 11) is 0. The molecule has 0 saturated carbocycles. The summed E-state index contributed by atoms with van der Waals surface area (Å²) in [5, 5.41) is 3.52. The summed E-state index contributed by atoms with van der Waals surface area (Å²) < 4.78 is 6.58. The Morgan fingerprint density at radius 2 is 2.11 bits per heavy atom.